The quantitative estimate of drug-likeness (QED) is 0.867. The summed E-state index contributed by atoms with van der Waals surface area (Å²) in [6.07, 6.45) is 5.29. The smallest absolute Gasteiger partial charge is 0.250 e. The van der Waals surface area contributed by atoms with Crippen LogP contribution in [0.3, 0.4) is 0 Å². The third-order valence-corrected chi connectivity index (χ3v) is 4.08. The summed E-state index contributed by atoms with van der Waals surface area (Å²) in [6, 6.07) is 5.95. The fraction of sp³-hybridized carbons (Fsp3) is 0.667. The van der Waals surface area contributed by atoms with E-state index >= 15 is 0 Å². The molecule has 0 aromatic carbocycles. The van der Waals surface area contributed by atoms with Gasteiger partial charge in [0.15, 0.2) is 0 Å². The van der Waals surface area contributed by atoms with E-state index in [1.165, 1.54) is 25.7 Å². The van der Waals surface area contributed by atoms with Crippen LogP contribution in [0, 0.1) is 12.8 Å². The molecule has 0 spiro atoms. The summed E-state index contributed by atoms with van der Waals surface area (Å²) in [6.45, 7) is 5.94. The van der Waals surface area contributed by atoms with Crippen molar-refractivity contribution in [2.45, 2.75) is 52.1 Å². The second kappa shape index (κ2) is 6.19. The SMILES string of the molecule is CCNC(Cn1c(C)cccc1=O)C1CCCC1. The average molecular weight is 248 g/mol. The van der Waals surface area contributed by atoms with E-state index in [-0.39, 0.29) is 5.56 Å². The lowest BCUT2D eigenvalue weighted by Gasteiger charge is -2.26. The van der Waals surface area contributed by atoms with Gasteiger partial charge in [0.05, 0.1) is 0 Å². The molecule has 3 heteroatoms. The molecule has 1 aliphatic carbocycles. The van der Waals surface area contributed by atoms with Crippen molar-refractivity contribution in [1.29, 1.82) is 0 Å². The molecule has 0 amide bonds. The Kier molecular flexibility index (Phi) is 4.59. The lowest BCUT2D eigenvalue weighted by Crippen LogP contribution is -2.41. The zero-order valence-corrected chi connectivity index (χ0v) is 11.5. The van der Waals surface area contributed by atoms with Gasteiger partial charge in [-0.25, -0.2) is 0 Å². The molecule has 1 aliphatic rings. The molecule has 2 rings (SSSR count). The fourth-order valence-electron chi connectivity index (χ4n) is 3.06. The van der Waals surface area contributed by atoms with E-state index < -0.39 is 0 Å². The van der Waals surface area contributed by atoms with Crippen LogP contribution < -0.4 is 10.9 Å². The number of hydrogen-bond donors (Lipinski definition) is 1. The molecule has 1 aromatic rings. The minimum Gasteiger partial charge on any atom is -0.312 e. The van der Waals surface area contributed by atoms with Gasteiger partial charge in [-0.2, -0.15) is 0 Å². The second-order valence-electron chi connectivity index (χ2n) is 5.32. The largest absolute Gasteiger partial charge is 0.312 e. The number of likely N-dealkylation sites (N-methyl/N-ethyl adjacent to an activating group) is 1. The third-order valence-electron chi connectivity index (χ3n) is 4.08. The number of aromatic nitrogens is 1. The van der Waals surface area contributed by atoms with Gasteiger partial charge in [-0.1, -0.05) is 25.8 Å². The Labute approximate surface area is 109 Å². The molecule has 0 aliphatic heterocycles. The van der Waals surface area contributed by atoms with E-state index in [4.69, 9.17) is 0 Å². The van der Waals surface area contributed by atoms with E-state index in [1.807, 2.05) is 23.6 Å². The molecule has 1 fully saturated rings. The van der Waals surface area contributed by atoms with Crippen LogP contribution in [0.2, 0.25) is 0 Å². The van der Waals surface area contributed by atoms with Gasteiger partial charge in [-0.05, 0) is 38.3 Å². The number of hydrogen-bond acceptors (Lipinski definition) is 2. The van der Waals surface area contributed by atoms with Crippen molar-refractivity contribution in [3.05, 3.63) is 34.2 Å². The minimum absolute atomic E-state index is 0.121. The Hall–Kier alpha value is -1.09. The number of rotatable bonds is 5. The minimum atomic E-state index is 0.121. The molecule has 1 atom stereocenters. The van der Waals surface area contributed by atoms with Crippen molar-refractivity contribution in [3.8, 4) is 0 Å². The maximum atomic E-state index is 11.9. The van der Waals surface area contributed by atoms with Gasteiger partial charge in [0.25, 0.3) is 5.56 Å². The highest BCUT2D eigenvalue weighted by molar-refractivity contribution is 5.05. The molecule has 1 unspecified atom stereocenters. The summed E-state index contributed by atoms with van der Waals surface area (Å²) in [5.74, 6) is 0.733. The monoisotopic (exact) mass is 248 g/mol. The summed E-state index contributed by atoms with van der Waals surface area (Å²) >= 11 is 0. The van der Waals surface area contributed by atoms with Gasteiger partial charge in [0.2, 0.25) is 0 Å². The molecular formula is C15H24N2O. The summed E-state index contributed by atoms with van der Waals surface area (Å²) in [7, 11) is 0. The number of aryl methyl sites for hydroxylation is 1. The van der Waals surface area contributed by atoms with Crippen molar-refractivity contribution in [1.82, 2.24) is 9.88 Å². The summed E-state index contributed by atoms with van der Waals surface area (Å²) in [5.41, 5.74) is 1.18. The third kappa shape index (κ3) is 3.02. The Morgan fingerprint density at radius 3 is 2.72 bits per heavy atom. The van der Waals surface area contributed by atoms with E-state index in [2.05, 4.69) is 12.2 Å². The molecule has 0 bridgehead atoms. The van der Waals surface area contributed by atoms with Gasteiger partial charge < -0.3 is 9.88 Å². The van der Waals surface area contributed by atoms with Crippen LogP contribution in [0.25, 0.3) is 0 Å². The van der Waals surface area contributed by atoms with Crippen molar-refractivity contribution in [2.24, 2.45) is 5.92 Å². The highest BCUT2D eigenvalue weighted by Gasteiger charge is 2.24. The average Bonchev–Trinajstić information content (AvgIpc) is 2.86. The Morgan fingerprint density at radius 2 is 2.11 bits per heavy atom. The first kappa shape index (κ1) is 13.3. The van der Waals surface area contributed by atoms with Gasteiger partial charge in [0, 0.05) is 24.3 Å². The molecule has 100 valence electrons. The lowest BCUT2D eigenvalue weighted by atomic mass is 9.97. The highest BCUT2D eigenvalue weighted by Crippen LogP contribution is 2.28. The zero-order valence-electron chi connectivity index (χ0n) is 11.5. The molecule has 0 saturated heterocycles. The number of pyridine rings is 1. The molecule has 1 heterocycles. The van der Waals surface area contributed by atoms with Crippen LogP contribution in [0.1, 0.15) is 38.3 Å². The second-order valence-corrected chi connectivity index (χ2v) is 5.32. The maximum absolute atomic E-state index is 11.9. The predicted molar refractivity (Wildman–Crippen MR) is 74.9 cm³/mol. The van der Waals surface area contributed by atoms with E-state index in [1.54, 1.807) is 6.07 Å². The molecule has 1 aromatic heterocycles. The van der Waals surface area contributed by atoms with Crippen LogP contribution in [0.4, 0.5) is 0 Å². The van der Waals surface area contributed by atoms with E-state index in [9.17, 15) is 4.79 Å². The molecule has 3 nitrogen and oxygen atoms in total. The standard InChI is InChI=1S/C15H24N2O/c1-3-16-14(13-8-4-5-9-13)11-17-12(2)7-6-10-15(17)18/h6-7,10,13-14,16H,3-5,8-9,11H2,1-2H3. The normalized spacial score (nSPS) is 18.1. The van der Waals surface area contributed by atoms with Crippen LogP contribution in [0.5, 0.6) is 0 Å². The highest BCUT2D eigenvalue weighted by atomic mass is 16.1. The first-order valence-corrected chi connectivity index (χ1v) is 7.12. The van der Waals surface area contributed by atoms with Gasteiger partial charge in [-0.3, -0.25) is 4.79 Å². The summed E-state index contributed by atoms with van der Waals surface area (Å²) in [5, 5.41) is 3.57. The van der Waals surface area contributed by atoms with Crippen molar-refractivity contribution in [2.75, 3.05) is 6.54 Å². The Morgan fingerprint density at radius 1 is 1.39 bits per heavy atom. The van der Waals surface area contributed by atoms with Crippen molar-refractivity contribution >= 4 is 0 Å². The molecule has 0 radical (unpaired) electrons. The maximum Gasteiger partial charge on any atom is 0.250 e. The number of nitrogens with zero attached hydrogens (tertiary/aromatic N) is 1. The lowest BCUT2D eigenvalue weighted by molar-refractivity contribution is 0.322. The van der Waals surface area contributed by atoms with Crippen LogP contribution >= 0.6 is 0 Å². The molecular weight excluding hydrogens is 224 g/mol. The van der Waals surface area contributed by atoms with Crippen LogP contribution in [-0.4, -0.2) is 17.2 Å². The molecule has 1 saturated carbocycles. The van der Waals surface area contributed by atoms with Crippen LogP contribution in [-0.2, 0) is 6.54 Å². The number of nitrogens with one attached hydrogen (secondary N) is 1. The predicted octanol–water partition coefficient (Wildman–Crippen LogP) is 2.33. The van der Waals surface area contributed by atoms with Crippen molar-refractivity contribution < 1.29 is 0 Å². The first-order valence-electron chi connectivity index (χ1n) is 7.12. The molecule has 18 heavy (non-hydrogen) atoms. The zero-order chi connectivity index (χ0) is 13.0. The van der Waals surface area contributed by atoms with Crippen LogP contribution in [0.15, 0.2) is 23.0 Å². The van der Waals surface area contributed by atoms with Gasteiger partial charge in [0.1, 0.15) is 0 Å². The van der Waals surface area contributed by atoms with Crippen molar-refractivity contribution in [3.63, 3.8) is 0 Å². The van der Waals surface area contributed by atoms with E-state index in [0.717, 1.165) is 24.7 Å². The summed E-state index contributed by atoms with van der Waals surface area (Å²) < 4.78 is 1.91. The van der Waals surface area contributed by atoms with Gasteiger partial charge in [-0.15, -0.1) is 0 Å². The van der Waals surface area contributed by atoms with E-state index in [0.29, 0.717) is 6.04 Å². The van der Waals surface area contributed by atoms with Gasteiger partial charge >= 0.3 is 0 Å². The summed E-state index contributed by atoms with van der Waals surface area (Å²) in [4.78, 5) is 11.9. The first-order chi connectivity index (χ1) is 8.72. The topological polar surface area (TPSA) is 34.0 Å². The molecule has 1 N–H and O–H groups in total. The fourth-order valence-corrected chi connectivity index (χ4v) is 3.06. The Bertz CT molecular complexity index is 432. The Balaban J connectivity index is 2.15.